The minimum Gasteiger partial charge on any atom is -0.445 e. The number of hydrogen-bond donors (Lipinski definition) is 0. The lowest BCUT2D eigenvalue weighted by molar-refractivity contribution is 0.334. The molecule has 0 atom stereocenters. The van der Waals surface area contributed by atoms with Gasteiger partial charge in [0.1, 0.15) is 11.7 Å². The van der Waals surface area contributed by atoms with Crippen LogP contribution in [0.2, 0.25) is 5.02 Å². The fourth-order valence-corrected chi connectivity index (χ4v) is 2.69. The van der Waals surface area contributed by atoms with Gasteiger partial charge in [0.2, 0.25) is 5.76 Å². The Kier molecular flexibility index (Phi) is 3.54. The summed E-state index contributed by atoms with van der Waals surface area (Å²) in [6.07, 6.45) is 0.893. The molecular formula is C13H12Cl2N2O. The van der Waals surface area contributed by atoms with Crippen LogP contribution in [0.1, 0.15) is 16.9 Å². The van der Waals surface area contributed by atoms with Gasteiger partial charge in [0.25, 0.3) is 0 Å². The van der Waals surface area contributed by atoms with Gasteiger partial charge >= 0.3 is 0 Å². The fraction of sp³-hybridized carbons (Fsp3) is 0.308. The zero-order chi connectivity index (χ0) is 12.0. The predicted molar refractivity (Wildman–Crippen MR) is 73.2 cm³/mol. The molecule has 1 aromatic carbocycles. The van der Waals surface area contributed by atoms with E-state index < -0.39 is 0 Å². The van der Waals surface area contributed by atoms with Gasteiger partial charge < -0.3 is 9.32 Å². The van der Waals surface area contributed by atoms with Crippen LogP contribution in [0.4, 0.5) is 0 Å². The average Bonchev–Trinajstić information content (AvgIpc) is 2.56. The molecule has 0 spiro atoms. The van der Waals surface area contributed by atoms with Gasteiger partial charge in [-0.05, 0) is 31.2 Å². The van der Waals surface area contributed by atoms with Crippen molar-refractivity contribution in [2.75, 3.05) is 13.6 Å². The van der Waals surface area contributed by atoms with Gasteiger partial charge in [-0.3, -0.25) is 0 Å². The SMILES string of the molecule is CN1CCc2c(Cl)ccc3oc(C#N)c(c23)C1.Cl. The summed E-state index contributed by atoms with van der Waals surface area (Å²) in [7, 11) is 2.04. The number of likely N-dealkylation sites (N-methyl/N-ethyl adjacent to an activating group) is 1. The number of rotatable bonds is 0. The number of halogens is 2. The minimum atomic E-state index is 0. The third kappa shape index (κ3) is 1.87. The molecule has 18 heavy (non-hydrogen) atoms. The average molecular weight is 283 g/mol. The molecule has 0 unspecified atom stereocenters. The van der Waals surface area contributed by atoms with Crippen molar-refractivity contribution in [3.05, 3.63) is 34.0 Å². The van der Waals surface area contributed by atoms with Crippen molar-refractivity contribution in [3.63, 3.8) is 0 Å². The summed E-state index contributed by atoms with van der Waals surface area (Å²) in [5.41, 5.74) is 2.85. The zero-order valence-electron chi connectivity index (χ0n) is 9.86. The quantitative estimate of drug-likeness (QED) is 0.744. The number of benzene rings is 1. The molecule has 1 aromatic heterocycles. The molecule has 0 fully saturated rings. The smallest absolute Gasteiger partial charge is 0.209 e. The van der Waals surface area contributed by atoms with Crippen LogP contribution in [0, 0.1) is 11.3 Å². The fourth-order valence-electron chi connectivity index (χ4n) is 2.44. The summed E-state index contributed by atoms with van der Waals surface area (Å²) in [4.78, 5) is 2.18. The van der Waals surface area contributed by atoms with Gasteiger partial charge in [-0.2, -0.15) is 5.26 Å². The van der Waals surface area contributed by atoms with Crippen molar-refractivity contribution in [3.8, 4) is 6.07 Å². The van der Waals surface area contributed by atoms with Gasteiger partial charge in [-0.25, -0.2) is 0 Å². The highest BCUT2D eigenvalue weighted by Gasteiger charge is 2.22. The Balaban J connectivity index is 0.00000120. The molecule has 3 nitrogen and oxygen atoms in total. The van der Waals surface area contributed by atoms with Crippen LogP contribution >= 0.6 is 24.0 Å². The lowest BCUT2D eigenvalue weighted by Crippen LogP contribution is -2.18. The molecule has 5 heteroatoms. The molecule has 0 saturated heterocycles. The first-order valence-corrected chi connectivity index (χ1v) is 5.90. The summed E-state index contributed by atoms with van der Waals surface area (Å²) in [5, 5.41) is 10.9. The van der Waals surface area contributed by atoms with Crippen LogP contribution in [0.5, 0.6) is 0 Å². The molecule has 94 valence electrons. The molecule has 2 aromatic rings. The van der Waals surface area contributed by atoms with E-state index >= 15 is 0 Å². The van der Waals surface area contributed by atoms with E-state index in [1.54, 1.807) is 0 Å². The van der Waals surface area contributed by atoms with Gasteiger partial charge in [0.05, 0.1) is 0 Å². The van der Waals surface area contributed by atoms with Crippen LogP contribution in [-0.2, 0) is 13.0 Å². The van der Waals surface area contributed by atoms with Gasteiger partial charge in [-0.15, -0.1) is 12.4 Å². The van der Waals surface area contributed by atoms with Crippen LogP contribution in [-0.4, -0.2) is 18.5 Å². The van der Waals surface area contributed by atoms with Crippen LogP contribution in [0.25, 0.3) is 11.0 Å². The molecule has 0 N–H and O–H groups in total. The lowest BCUT2D eigenvalue weighted by atomic mass is 10.0. The summed E-state index contributed by atoms with van der Waals surface area (Å²) in [5.74, 6) is 0.414. The van der Waals surface area contributed by atoms with Gasteiger partial charge in [0.15, 0.2) is 0 Å². The molecule has 1 aliphatic heterocycles. The van der Waals surface area contributed by atoms with E-state index in [0.717, 1.165) is 46.6 Å². The van der Waals surface area contributed by atoms with Crippen LogP contribution < -0.4 is 0 Å². The second-order valence-electron chi connectivity index (χ2n) is 4.41. The second-order valence-corrected chi connectivity index (χ2v) is 4.82. The van der Waals surface area contributed by atoms with Crippen molar-refractivity contribution in [2.24, 2.45) is 0 Å². The zero-order valence-corrected chi connectivity index (χ0v) is 11.4. The molecule has 0 bridgehead atoms. The monoisotopic (exact) mass is 282 g/mol. The van der Waals surface area contributed by atoms with E-state index in [-0.39, 0.29) is 12.4 Å². The molecule has 2 heterocycles. The first-order valence-electron chi connectivity index (χ1n) is 5.52. The van der Waals surface area contributed by atoms with Crippen molar-refractivity contribution in [1.82, 2.24) is 4.90 Å². The Morgan fingerprint density at radius 3 is 2.89 bits per heavy atom. The van der Waals surface area contributed by atoms with E-state index in [1.807, 2.05) is 19.2 Å². The molecule has 0 amide bonds. The maximum Gasteiger partial charge on any atom is 0.209 e. The Labute approximate surface area is 116 Å². The van der Waals surface area contributed by atoms with Crippen LogP contribution in [0.3, 0.4) is 0 Å². The van der Waals surface area contributed by atoms with Crippen molar-refractivity contribution in [2.45, 2.75) is 13.0 Å². The first kappa shape index (κ1) is 13.2. The van der Waals surface area contributed by atoms with Crippen molar-refractivity contribution >= 4 is 35.0 Å². The Morgan fingerprint density at radius 1 is 1.39 bits per heavy atom. The summed E-state index contributed by atoms with van der Waals surface area (Å²) in [6.45, 7) is 1.68. The maximum absolute atomic E-state index is 9.12. The van der Waals surface area contributed by atoms with E-state index in [2.05, 4.69) is 11.0 Å². The topological polar surface area (TPSA) is 40.2 Å². The van der Waals surface area contributed by atoms with E-state index in [4.69, 9.17) is 21.3 Å². The van der Waals surface area contributed by atoms with E-state index in [1.165, 1.54) is 0 Å². The number of hydrogen-bond acceptors (Lipinski definition) is 3. The Morgan fingerprint density at radius 2 is 2.17 bits per heavy atom. The molecule has 0 radical (unpaired) electrons. The molecule has 0 saturated carbocycles. The Bertz CT molecular complexity index is 642. The molecule has 3 rings (SSSR count). The molecule has 1 aliphatic rings. The van der Waals surface area contributed by atoms with E-state index in [0.29, 0.717) is 5.76 Å². The maximum atomic E-state index is 9.12. The van der Waals surface area contributed by atoms with Crippen molar-refractivity contribution < 1.29 is 4.42 Å². The molecule has 0 aliphatic carbocycles. The summed E-state index contributed by atoms with van der Waals surface area (Å²) in [6, 6.07) is 5.82. The standard InChI is InChI=1S/C13H11ClN2O.ClH/c1-16-5-4-8-10(14)2-3-11-13(8)9(7-16)12(6-15)17-11;/h2-3H,4-5,7H2,1H3;1H. The highest BCUT2D eigenvalue weighted by Crippen LogP contribution is 2.35. The van der Waals surface area contributed by atoms with E-state index in [9.17, 15) is 0 Å². The summed E-state index contributed by atoms with van der Waals surface area (Å²) >= 11 is 6.24. The predicted octanol–water partition coefficient (Wildman–Crippen LogP) is 3.37. The second kappa shape index (κ2) is 4.81. The summed E-state index contributed by atoms with van der Waals surface area (Å²) < 4.78 is 5.57. The third-order valence-electron chi connectivity index (χ3n) is 3.28. The third-order valence-corrected chi connectivity index (χ3v) is 3.63. The lowest BCUT2D eigenvalue weighted by Gasteiger charge is -2.12. The van der Waals surface area contributed by atoms with Crippen molar-refractivity contribution in [1.29, 1.82) is 5.26 Å². The minimum absolute atomic E-state index is 0. The van der Waals surface area contributed by atoms with Crippen LogP contribution in [0.15, 0.2) is 16.5 Å². The highest BCUT2D eigenvalue weighted by molar-refractivity contribution is 6.32. The highest BCUT2D eigenvalue weighted by atomic mass is 35.5. The number of nitriles is 1. The largest absolute Gasteiger partial charge is 0.445 e. The normalized spacial score (nSPS) is 14.9. The van der Waals surface area contributed by atoms with Gasteiger partial charge in [-0.1, -0.05) is 11.6 Å². The molecular weight excluding hydrogens is 271 g/mol. The van der Waals surface area contributed by atoms with Gasteiger partial charge in [0, 0.05) is 29.1 Å². The number of furan rings is 1. The Hall–Kier alpha value is -1.21. The first-order chi connectivity index (χ1) is 8.20. The number of nitrogens with zero attached hydrogens (tertiary/aromatic N) is 2.